The molecule has 0 saturated heterocycles. The van der Waals surface area contributed by atoms with E-state index in [-0.39, 0.29) is 18.4 Å². The number of aliphatic hydroxyl groups excluding tert-OH is 1. The van der Waals surface area contributed by atoms with E-state index in [9.17, 15) is 4.79 Å². The highest BCUT2D eigenvalue weighted by Crippen LogP contribution is 2.26. The van der Waals surface area contributed by atoms with Crippen LogP contribution < -0.4 is 0 Å². The zero-order chi connectivity index (χ0) is 15.6. The molecule has 0 aliphatic carbocycles. The smallest absolute Gasteiger partial charge is 0.259 e. The van der Waals surface area contributed by atoms with E-state index in [1.807, 2.05) is 20.8 Å². The van der Waals surface area contributed by atoms with Crippen molar-refractivity contribution >= 4 is 17.0 Å². The molecule has 0 atom stereocenters. The Morgan fingerprint density at radius 3 is 2.76 bits per heavy atom. The van der Waals surface area contributed by atoms with Crippen LogP contribution in [-0.2, 0) is 0 Å². The molecule has 0 spiro atoms. The Kier molecular flexibility index (Phi) is 4.57. The molecule has 0 radical (unpaired) electrons. The maximum absolute atomic E-state index is 12.7. The van der Waals surface area contributed by atoms with E-state index < -0.39 is 0 Å². The highest BCUT2D eigenvalue weighted by Gasteiger charge is 2.22. The van der Waals surface area contributed by atoms with Gasteiger partial charge in [0.1, 0.15) is 0 Å². The van der Waals surface area contributed by atoms with E-state index in [1.54, 1.807) is 17.9 Å². The largest absolute Gasteiger partial charge is 0.395 e. The van der Waals surface area contributed by atoms with Crippen molar-refractivity contribution in [2.75, 3.05) is 19.7 Å². The summed E-state index contributed by atoms with van der Waals surface area (Å²) in [4.78, 5) is 18.7. The maximum atomic E-state index is 12.7. The van der Waals surface area contributed by atoms with Crippen LogP contribution in [0, 0.1) is 6.92 Å². The minimum Gasteiger partial charge on any atom is -0.395 e. The van der Waals surface area contributed by atoms with Crippen LogP contribution >= 0.6 is 0 Å². The summed E-state index contributed by atoms with van der Waals surface area (Å²) in [6.07, 6.45) is 0. The van der Waals surface area contributed by atoms with Crippen molar-refractivity contribution in [3.05, 3.63) is 23.0 Å². The van der Waals surface area contributed by atoms with Gasteiger partial charge in [-0.05, 0) is 25.8 Å². The van der Waals surface area contributed by atoms with Crippen molar-refractivity contribution in [1.82, 2.24) is 15.0 Å². The predicted octanol–water partition coefficient (Wildman–Crippen LogP) is 2.11. The number of carbonyl (C=O) groups excluding carboxylic acids is 1. The number of fused-ring (bicyclic) bond motifs is 1. The van der Waals surface area contributed by atoms with Crippen LogP contribution in [0.4, 0.5) is 0 Å². The van der Waals surface area contributed by atoms with Crippen molar-refractivity contribution in [2.45, 2.75) is 33.6 Å². The summed E-state index contributed by atoms with van der Waals surface area (Å²) in [5.74, 6) is 0.0476. The van der Waals surface area contributed by atoms with Gasteiger partial charge < -0.3 is 14.5 Å². The van der Waals surface area contributed by atoms with Gasteiger partial charge in [0.05, 0.1) is 23.3 Å². The molecule has 2 aromatic heterocycles. The average Bonchev–Trinajstić information content (AvgIpc) is 2.84. The third-order valence-electron chi connectivity index (χ3n) is 3.50. The Labute approximate surface area is 123 Å². The Balaban J connectivity index is 2.59. The number of nitrogens with zero attached hydrogens (tertiary/aromatic N) is 3. The molecule has 6 nitrogen and oxygen atoms in total. The van der Waals surface area contributed by atoms with E-state index in [0.29, 0.717) is 35.4 Å². The number of pyridine rings is 1. The van der Waals surface area contributed by atoms with Crippen LogP contribution in [0.1, 0.15) is 48.4 Å². The third kappa shape index (κ3) is 2.90. The molecule has 2 aromatic rings. The summed E-state index contributed by atoms with van der Waals surface area (Å²) < 4.78 is 5.22. The number of hydrogen-bond acceptors (Lipinski definition) is 5. The predicted molar refractivity (Wildman–Crippen MR) is 79.3 cm³/mol. The second kappa shape index (κ2) is 6.22. The van der Waals surface area contributed by atoms with Crippen molar-refractivity contribution in [2.24, 2.45) is 0 Å². The third-order valence-corrected chi connectivity index (χ3v) is 3.50. The van der Waals surface area contributed by atoms with Gasteiger partial charge in [-0.15, -0.1) is 0 Å². The summed E-state index contributed by atoms with van der Waals surface area (Å²) in [6, 6.07) is 1.81. The first-order chi connectivity index (χ1) is 9.99. The number of aryl methyl sites for hydroxylation is 1. The molecule has 0 aliphatic heterocycles. The molecular weight excluding hydrogens is 270 g/mol. The fourth-order valence-electron chi connectivity index (χ4n) is 2.27. The van der Waals surface area contributed by atoms with Gasteiger partial charge in [0, 0.05) is 18.8 Å². The molecule has 114 valence electrons. The second-order valence-electron chi connectivity index (χ2n) is 5.31. The van der Waals surface area contributed by atoms with Crippen LogP contribution in [0.3, 0.4) is 0 Å². The number of likely N-dealkylation sites (N-methyl/N-ethyl adjacent to an activating group) is 1. The topological polar surface area (TPSA) is 79.5 Å². The summed E-state index contributed by atoms with van der Waals surface area (Å²) in [6.45, 7) is 8.48. The maximum Gasteiger partial charge on any atom is 0.259 e. The first-order valence-electron chi connectivity index (χ1n) is 7.16. The summed E-state index contributed by atoms with van der Waals surface area (Å²) in [7, 11) is 0. The summed E-state index contributed by atoms with van der Waals surface area (Å²) >= 11 is 0. The molecule has 2 heterocycles. The zero-order valence-electron chi connectivity index (χ0n) is 12.9. The average molecular weight is 291 g/mol. The highest BCUT2D eigenvalue weighted by atomic mass is 16.5. The van der Waals surface area contributed by atoms with Crippen LogP contribution in [0.25, 0.3) is 11.1 Å². The molecule has 0 aromatic carbocycles. The molecule has 0 fully saturated rings. The number of aliphatic hydroxyl groups is 1. The first kappa shape index (κ1) is 15.4. The lowest BCUT2D eigenvalue weighted by Gasteiger charge is -2.20. The fourth-order valence-corrected chi connectivity index (χ4v) is 2.27. The Morgan fingerprint density at radius 1 is 1.48 bits per heavy atom. The van der Waals surface area contributed by atoms with Crippen LogP contribution in [-0.4, -0.2) is 45.8 Å². The minimum atomic E-state index is -0.132. The summed E-state index contributed by atoms with van der Waals surface area (Å²) in [5.41, 5.74) is 2.37. The molecule has 21 heavy (non-hydrogen) atoms. The Morgan fingerprint density at radius 2 is 2.19 bits per heavy atom. The normalized spacial score (nSPS) is 11.3. The Bertz CT molecular complexity index is 649. The van der Waals surface area contributed by atoms with E-state index >= 15 is 0 Å². The highest BCUT2D eigenvalue weighted by molar-refractivity contribution is 6.06. The lowest BCUT2D eigenvalue weighted by atomic mass is 10.0. The Hall–Kier alpha value is -1.95. The van der Waals surface area contributed by atoms with Gasteiger partial charge >= 0.3 is 0 Å². The van der Waals surface area contributed by atoms with Crippen molar-refractivity contribution in [3.63, 3.8) is 0 Å². The molecule has 1 amide bonds. The second-order valence-corrected chi connectivity index (χ2v) is 5.31. The van der Waals surface area contributed by atoms with E-state index in [2.05, 4.69) is 10.1 Å². The van der Waals surface area contributed by atoms with Gasteiger partial charge in [0.2, 0.25) is 0 Å². The van der Waals surface area contributed by atoms with Gasteiger partial charge in [-0.1, -0.05) is 19.0 Å². The minimum absolute atomic E-state index is 0.0620. The van der Waals surface area contributed by atoms with Gasteiger partial charge in [0.25, 0.3) is 11.6 Å². The van der Waals surface area contributed by atoms with Crippen LogP contribution in [0.5, 0.6) is 0 Å². The zero-order valence-corrected chi connectivity index (χ0v) is 12.9. The number of hydrogen-bond donors (Lipinski definition) is 1. The molecule has 6 heteroatoms. The summed E-state index contributed by atoms with van der Waals surface area (Å²) in [5, 5.41) is 13.7. The van der Waals surface area contributed by atoms with E-state index in [0.717, 1.165) is 5.69 Å². The van der Waals surface area contributed by atoms with Crippen molar-refractivity contribution < 1.29 is 14.4 Å². The van der Waals surface area contributed by atoms with Gasteiger partial charge in [-0.3, -0.25) is 4.79 Å². The lowest BCUT2D eigenvalue weighted by Crippen LogP contribution is -2.33. The quantitative estimate of drug-likeness (QED) is 0.912. The standard InChI is InChI=1S/C15H21N3O3/c1-5-18(6-7-19)15(20)11-8-12(9(2)3)16-14-13(11)10(4)17-21-14/h8-9,19H,5-7H2,1-4H3. The molecule has 0 saturated carbocycles. The van der Waals surface area contributed by atoms with Crippen molar-refractivity contribution in [3.8, 4) is 0 Å². The van der Waals surface area contributed by atoms with Crippen LogP contribution in [0.2, 0.25) is 0 Å². The molecule has 1 N–H and O–H groups in total. The van der Waals surface area contributed by atoms with Gasteiger partial charge in [-0.2, -0.15) is 0 Å². The number of amides is 1. The molecular formula is C15H21N3O3. The van der Waals surface area contributed by atoms with E-state index in [4.69, 9.17) is 9.63 Å². The number of carbonyl (C=O) groups is 1. The fraction of sp³-hybridized carbons (Fsp3) is 0.533. The molecule has 0 unspecified atom stereocenters. The monoisotopic (exact) mass is 291 g/mol. The molecule has 0 aliphatic rings. The molecule has 2 rings (SSSR count). The van der Waals surface area contributed by atoms with Crippen LogP contribution in [0.15, 0.2) is 10.6 Å². The number of rotatable bonds is 5. The molecule has 0 bridgehead atoms. The first-order valence-corrected chi connectivity index (χ1v) is 7.16. The van der Waals surface area contributed by atoms with Gasteiger partial charge in [-0.25, -0.2) is 4.98 Å². The van der Waals surface area contributed by atoms with Crippen molar-refractivity contribution in [1.29, 1.82) is 0 Å². The lowest BCUT2D eigenvalue weighted by molar-refractivity contribution is 0.0733. The van der Waals surface area contributed by atoms with E-state index in [1.165, 1.54) is 0 Å². The number of aromatic nitrogens is 2. The SMILES string of the molecule is CCN(CCO)C(=O)c1cc(C(C)C)nc2onc(C)c12. The van der Waals surface area contributed by atoms with Gasteiger partial charge in [0.15, 0.2) is 0 Å².